The van der Waals surface area contributed by atoms with Gasteiger partial charge in [0.05, 0.1) is 20.6 Å². The summed E-state index contributed by atoms with van der Waals surface area (Å²) in [5.74, 6) is 0.363. The quantitative estimate of drug-likeness (QED) is 0.840. The Morgan fingerprint density at radius 1 is 1.08 bits per heavy atom. The van der Waals surface area contributed by atoms with Crippen LogP contribution in [-0.2, 0) is 11.2 Å². The predicted octanol–water partition coefficient (Wildman–Crippen LogP) is 3.49. The molecule has 2 aromatic rings. The van der Waals surface area contributed by atoms with Crippen molar-refractivity contribution >= 4 is 11.6 Å². The number of carbonyl (C=O) groups is 1. The number of carbonyl (C=O) groups excluding carboxylic acids is 1. The normalized spacial score (nSPS) is 10.4. The van der Waals surface area contributed by atoms with Crippen molar-refractivity contribution in [2.75, 3.05) is 19.5 Å². The minimum atomic E-state index is -2.98. The van der Waals surface area contributed by atoms with Gasteiger partial charge in [0.15, 0.2) is 11.5 Å². The van der Waals surface area contributed by atoms with Crippen LogP contribution in [0.2, 0.25) is 0 Å². The monoisotopic (exact) mass is 337 g/mol. The molecule has 0 bridgehead atoms. The van der Waals surface area contributed by atoms with Crippen LogP contribution in [0.5, 0.6) is 17.2 Å². The van der Waals surface area contributed by atoms with E-state index in [2.05, 4.69) is 10.1 Å². The molecule has 24 heavy (non-hydrogen) atoms. The number of hydrogen-bond donors (Lipinski definition) is 1. The lowest BCUT2D eigenvalue weighted by Crippen LogP contribution is -2.14. The van der Waals surface area contributed by atoms with Gasteiger partial charge in [-0.15, -0.1) is 0 Å². The third kappa shape index (κ3) is 4.84. The van der Waals surface area contributed by atoms with Crippen molar-refractivity contribution in [1.82, 2.24) is 0 Å². The molecule has 0 aliphatic heterocycles. The first-order valence-electron chi connectivity index (χ1n) is 7.07. The molecule has 2 aromatic carbocycles. The van der Waals surface area contributed by atoms with E-state index in [1.165, 1.54) is 19.2 Å². The second kappa shape index (κ2) is 8.14. The lowest BCUT2D eigenvalue weighted by molar-refractivity contribution is -0.115. The van der Waals surface area contributed by atoms with E-state index in [1.54, 1.807) is 37.4 Å². The Balaban J connectivity index is 2.07. The van der Waals surface area contributed by atoms with Crippen LogP contribution in [-0.4, -0.2) is 26.7 Å². The van der Waals surface area contributed by atoms with E-state index >= 15 is 0 Å². The van der Waals surface area contributed by atoms with Gasteiger partial charge in [0.2, 0.25) is 5.91 Å². The van der Waals surface area contributed by atoms with Gasteiger partial charge in [0.1, 0.15) is 5.75 Å². The van der Waals surface area contributed by atoms with Crippen LogP contribution in [0.1, 0.15) is 5.56 Å². The SMILES string of the molecule is COc1cccc(CC(=O)Nc2ccc(OC)c(OC(F)F)c2)c1. The Kier molecular flexibility index (Phi) is 5.95. The highest BCUT2D eigenvalue weighted by Crippen LogP contribution is 2.31. The molecule has 0 spiro atoms. The first-order valence-corrected chi connectivity index (χ1v) is 7.07. The Labute approximate surface area is 138 Å². The van der Waals surface area contributed by atoms with Gasteiger partial charge < -0.3 is 19.5 Å². The van der Waals surface area contributed by atoms with Gasteiger partial charge in [-0.1, -0.05) is 12.1 Å². The zero-order chi connectivity index (χ0) is 17.5. The lowest BCUT2D eigenvalue weighted by Gasteiger charge is -2.12. The Morgan fingerprint density at radius 3 is 2.54 bits per heavy atom. The van der Waals surface area contributed by atoms with Gasteiger partial charge in [-0.05, 0) is 29.8 Å². The standard InChI is InChI=1S/C17H17F2NO4/c1-22-13-5-3-4-11(8-13)9-16(21)20-12-6-7-14(23-2)15(10-12)24-17(18)19/h3-8,10,17H,9H2,1-2H3,(H,20,21). The number of hydrogen-bond acceptors (Lipinski definition) is 4. The van der Waals surface area contributed by atoms with Crippen molar-refractivity contribution in [2.24, 2.45) is 0 Å². The molecule has 2 rings (SSSR count). The van der Waals surface area contributed by atoms with Gasteiger partial charge in [-0.2, -0.15) is 8.78 Å². The van der Waals surface area contributed by atoms with Crippen molar-refractivity contribution in [2.45, 2.75) is 13.0 Å². The molecule has 128 valence electrons. The highest BCUT2D eigenvalue weighted by Gasteiger charge is 2.13. The third-order valence-corrected chi connectivity index (χ3v) is 3.16. The Bertz CT molecular complexity index is 707. The molecule has 0 fully saturated rings. The molecule has 0 radical (unpaired) electrons. The Hall–Kier alpha value is -2.83. The van der Waals surface area contributed by atoms with E-state index in [9.17, 15) is 13.6 Å². The average Bonchev–Trinajstić information content (AvgIpc) is 2.54. The number of halogens is 2. The van der Waals surface area contributed by atoms with Gasteiger partial charge in [0, 0.05) is 11.8 Å². The first kappa shape index (κ1) is 17.5. The van der Waals surface area contributed by atoms with E-state index in [-0.39, 0.29) is 23.8 Å². The van der Waals surface area contributed by atoms with Crippen molar-refractivity contribution in [3.05, 3.63) is 48.0 Å². The molecule has 0 heterocycles. The van der Waals surface area contributed by atoms with Crippen LogP contribution in [0, 0.1) is 0 Å². The van der Waals surface area contributed by atoms with Gasteiger partial charge in [0.25, 0.3) is 0 Å². The zero-order valence-corrected chi connectivity index (χ0v) is 13.2. The largest absolute Gasteiger partial charge is 0.497 e. The maximum Gasteiger partial charge on any atom is 0.387 e. The molecule has 0 saturated carbocycles. The summed E-state index contributed by atoms with van der Waals surface area (Å²) in [7, 11) is 2.88. The van der Waals surface area contributed by atoms with Crippen molar-refractivity contribution < 1.29 is 27.8 Å². The fourth-order valence-electron chi connectivity index (χ4n) is 2.12. The molecule has 0 unspecified atom stereocenters. The smallest absolute Gasteiger partial charge is 0.387 e. The number of methoxy groups -OCH3 is 2. The summed E-state index contributed by atoms with van der Waals surface area (Å²) in [5, 5.41) is 2.63. The maximum atomic E-state index is 12.4. The summed E-state index contributed by atoms with van der Waals surface area (Å²) in [6, 6.07) is 11.4. The molecule has 0 aliphatic rings. The Morgan fingerprint density at radius 2 is 1.88 bits per heavy atom. The topological polar surface area (TPSA) is 56.8 Å². The van der Waals surface area contributed by atoms with Crippen LogP contribution in [0.3, 0.4) is 0 Å². The number of ether oxygens (including phenoxy) is 3. The van der Waals surface area contributed by atoms with Crippen molar-refractivity contribution in [1.29, 1.82) is 0 Å². The summed E-state index contributed by atoms with van der Waals surface area (Å²) in [4.78, 5) is 12.1. The van der Waals surface area contributed by atoms with Crippen LogP contribution >= 0.6 is 0 Å². The van der Waals surface area contributed by atoms with E-state index in [1.807, 2.05) is 0 Å². The minimum absolute atomic E-state index is 0.119. The van der Waals surface area contributed by atoms with Crippen LogP contribution in [0.4, 0.5) is 14.5 Å². The van der Waals surface area contributed by atoms with E-state index in [4.69, 9.17) is 9.47 Å². The predicted molar refractivity (Wildman–Crippen MR) is 85.0 cm³/mol. The molecular formula is C17H17F2NO4. The molecule has 0 atom stereocenters. The molecule has 0 aliphatic carbocycles. The van der Waals surface area contributed by atoms with E-state index in [0.29, 0.717) is 11.4 Å². The molecule has 1 amide bonds. The van der Waals surface area contributed by atoms with Crippen LogP contribution in [0.25, 0.3) is 0 Å². The zero-order valence-electron chi connectivity index (χ0n) is 13.2. The third-order valence-electron chi connectivity index (χ3n) is 3.16. The summed E-state index contributed by atoms with van der Waals surface area (Å²) < 4.78 is 39.2. The highest BCUT2D eigenvalue weighted by molar-refractivity contribution is 5.92. The fourth-order valence-corrected chi connectivity index (χ4v) is 2.12. The highest BCUT2D eigenvalue weighted by atomic mass is 19.3. The molecule has 5 nitrogen and oxygen atoms in total. The first-order chi connectivity index (χ1) is 11.5. The van der Waals surface area contributed by atoms with E-state index < -0.39 is 6.61 Å². The number of alkyl halides is 2. The van der Waals surface area contributed by atoms with E-state index in [0.717, 1.165) is 5.56 Å². The van der Waals surface area contributed by atoms with Gasteiger partial charge in [-0.25, -0.2) is 0 Å². The van der Waals surface area contributed by atoms with Crippen molar-refractivity contribution in [3.63, 3.8) is 0 Å². The number of amides is 1. The van der Waals surface area contributed by atoms with Crippen LogP contribution in [0.15, 0.2) is 42.5 Å². The average molecular weight is 337 g/mol. The van der Waals surface area contributed by atoms with Crippen molar-refractivity contribution in [3.8, 4) is 17.2 Å². The van der Waals surface area contributed by atoms with Gasteiger partial charge in [-0.3, -0.25) is 4.79 Å². The molecular weight excluding hydrogens is 320 g/mol. The number of rotatable bonds is 7. The number of anilines is 1. The summed E-state index contributed by atoms with van der Waals surface area (Å²) in [5.41, 5.74) is 1.10. The van der Waals surface area contributed by atoms with Gasteiger partial charge >= 0.3 is 6.61 Å². The molecule has 7 heteroatoms. The molecule has 0 aromatic heterocycles. The molecule has 1 N–H and O–H groups in total. The second-order valence-corrected chi connectivity index (χ2v) is 4.82. The summed E-state index contributed by atoms with van der Waals surface area (Å²) >= 11 is 0. The maximum absolute atomic E-state index is 12.4. The number of nitrogens with one attached hydrogen (secondary N) is 1. The molecule has 0 saturated heterocycles. The summed E-state index contributed by atoms with van der Waals surface area (Å²) in [6.07, 6.45) is 0.119. The fraction of sp³-hybridized carbons (Fsp3) is 0.235. The minimum Gasteiger partial charge on any atom is -0.497 e. The van der Waals surface area contributed by atoms with Crippen LogP contribution < -0.4 is 19.5 Å². The second-order valence-electron chi connectivity index (χ2n) is 4.82. The summed E-state index contributed by atoms with van der Waals surface area (Å²) in [6.45, 7) is -2.98. The lowest BCUT2D eigenvalue weighted by atomic mass is 10.1. The number of benzene rings is 2.